The molecule has 0 spiro atoms. The second kappa shape index (κ2) is 6.33. The minimum Gasteiger partial charge on any atom is -0.303 e. The first-order chi connectivity index (χ1) is 10.1. The first kappa shape index (κ1) is 14.8. The summed E-state index contributed by atoms with van der Waals surface area (Å²) >= 11 is 3.67. The van der Waals surface area contributed by atoms with Crippen molar-refractivity contribution < 1.29 is 0 Å². The predicted molar refractivity (Wildman–Crippen MR) is 92.3 cm³/mol. The zero-order valence-corrected chi connectivity index (χ0v) is 14.2. The van der Waals surface area contributed by atoms with Crippen LogP contribution in [0.15, 0.2) is 53.0 Å². The van der Waals surface area contributed by atoms with Crippen LogP contribution in [0.3, 0.4) is 0 Å². The van der Waals surface area contributed by atoms with E-state index in [4.69, 9.17) is 0 Å². The normalized spacial score (nSPS) is 17.5. The molecule has 1 N–H and O–H groups in total. The summed E-state index contributed by atoms with van der Waals surface area (Å²) in [5.74, 6) is 0.789. The lowest BCUT2D eigenvalue weighted by Gasteiger charge is -2.25. The molecule has 2 heteroatoms. The maximum absolute atomic E-state index is 3.84. The maximum Gasteiger partial charge on any atom is 0.0353 e. The summed E-state index contributed by atoms with van der Waals surface area (Å²) < 4.78 is 1.18. The largest absolute Gasteiger partial charge is 0.303 e. The summed E-state index contributed by atoms with van der Waals surface area (Å²) in [6, 6.07) is 18.3. The van der Waals surface area contributed by atoms with Crippen molar-refractivity contribution in [3.05, 3.63) is 69.7 Å². The molecule has 2 aromatic rings. The predicted octanol–water partition coefficient (Wildman–Crippen LogP) is 5.56. The number of hydrogen-bond acceptors (Lipinski definition) is 1. The Bertz CT molecular complexity index is 601. The Kier molecular flexibility index (Phi) is 4.46. The molecule has 1 unspecified atom stereocenters. The van der Waals surface area contributed by atoms with Crippen molar-refractivity contribution in [2.24, 2.45) is 5.92 Å². The molecule has 0 bridgehead atoms. The third-order valence-electron chi connectivity index (χ3n) is 4.33. The molecule has 0 radical (unpaired) electrons. The molecule has 1 aliphatic carbocycles. The molecule has 1 nitrogen and oxygen atoms in total. The van der Waals surface area contributed by atoms with Crippen LogP contribution < -0.4 is 5.32 Å². The molecule has 0 amide bonds. The number of nitrogens with one attached hydrogen (secondary N) is 1. The van der Waals surface area contributed by atoms with Gasteiger partial charge in [0.1, 0.15) is 0 Å². The molecule has 3 rings (SSSR count). The highest BCUT2D eigenvalue weighted by atomic mass is 79.9. The smallest absolute Gasteiger partial charge is 0.0353 e. The minimum atomic E-state index is 0.340. The van der Waals surface area contributed by atoms with Gasteiger partial charge < -0.3 is 5.32 Å². The Morgan fingerprint density at radius 2 is 1.71 bits per heavy atom. The Hall–Kier alpha value is -1.12. The van der Waals surface area contributed by atoms with Gasteiger partial charge in [0.05, 0.1) is 0 Å². The maximum atomic E-state index is 3.84. The molecule has 21 heavy (non-hydrogen) atoms. The lowest BCUT2D eigenvalue weighted by atomic mass is 9.98. The van der Waals surface area contributed by atoms with Crippen LogP contribution in [0.2, 0.25) is 0 Å². The van der Waals surface area contributed by atoms with Gasteiger partial charge in [-0.1, -0.05) is 64.0 Å². The van der Waals surface area contributed by atoms with E-state index in [0.29, 0.717) is 12.1 Å². The summed E-state index contributed by atoms with van der Waals surface area (Å²) in [6.45, 7) is 4.40. The molecule has 1 fully saturated rings. The summed E-state index contributed by atoms with van der Waals surface area (Å²) in [6.07, 6.45) is 2.68. The van der Waals surface area contributed by atoms with Crippen LogP contribution in [0.1, 0.15) is 48.5 Å². The lowest BCUT2D eigenvalue weighted by molar-refractivity contribution is 0.426. The highest BCUT2D eigenvalue weighted by molar-refractivity contribution is 9.10. The fourth-order valence-electron chi connectivity index (χ4n) is 2.89. The summed E-state index contributed by atoms with van der Waals surface area (Å²) in [4.78, 5) is 0. The minimum absolute atomic E-state index is 0.340. The van der Waals surface area contributed by atoms with Gasteiger partial charge in [0, 0.05) is 16.6 Å². The average Bonchev–Trinajstić information content (AvgIpc) is 3.31. The van der Waals surface area contributed by atoms with Crippen molar-refractivity contribution in [1.82, 2.24) is 5.32 Å². The van der Waals surface area contributed by atoms with Gasteiger partial charge in [-0.25, -0.2) is 0 Å². The van der Waals surface area contributed by atoms with Gasteiger partial charge in [0.2, 0.25) is 0 Å². The number of benzene rings is 2. The van der Waals surface area contributed by atoms with Crippen molar-refractivity contribution in [3.8, 4) is 0 Å². The fourth-order valence-corrected chi connectivity index (χ4v) is 3.52. The van der Waals surface area contributed by atoms with Crippen molar-refractivity contribution >= 4 is 15.9 Å². The number of aryl methyl sites for hydroxylation is 1. The van der Waals surface area contributed by atoms with Gasteiger partial charge in [0.15, 0.2) is 0 Å². The van der Waals surface area contributed by atoms with E-state index in [1.54, 1.807) is 0 Å². The van der Waals surface area contributed by atoms with E-state index in [1.165, 1.54) is 34.0 Å². The zero-order chi connectivity index (χ0) is 14.8. The molecule has 0 aromatic heterocycles. The van der Waals surface area contributed by atoms with Gasteiger partial charge in [-0.05, 0) is 49.8 Å². The van der Waals surface area contributed by atoms with E-state index in [-0.39, 0.29) is 0 Å². The van der Waals surface area contributed by atoms with Gasteiger partial charge in [0.25, 0.3) is 0 Å². The van der Waals surface area contributed by atoms with Crippen molar-refractivity contribution in [2.45, 2.75) is 38.8 Å². The molecule has 0 aliphatic heterocycles. The van der Waals surface area contributed by atoms with Crippen molar-refractivity contribution in [1.29, 1.82) is 0 Å². The zero-order valence-electron chi connectivity index (χ0n) is 12.6. The SMILES string of the molecule is Cc1ccc(C(N[C@@H](C)c2ccccc2Br)C2CC2)cc1. The summed E-state index contributed by atoms with van der Waals surface area (Å²) in [5.41, 5.74) is 4.07. The second-order valence-electron chi connectivity index (χ2n) is 6.14. The fraction of sp³-hybridized carbons (Fsp3) is 0.368. The van der Waals surface area contributed by atoms with Gasteiger partial charge in [-0.2, -0.15) is 0 Å². The van der Waals surface area contributed by atoms with Crippen LogP contribution in [0, 0.1) is 12.8 Å². The second-order valence-corrected chi connectivity index (χ2v) is 6.99. The third-order valence-corrected chi connectivity index (χ3v) is 5.05. The topological polar surface area (TPSA) is 12.0 Å². The molecular weight excluding hydrogens is 322 g/mol. The molecule has 1 aliphatic rings. The first-order valence-corrected chi connectivity index (χ1v) is 8.51. The highest BCUT2D eigenvalue weighted by Crippen LogP contribution is 2.42. The van der Waals surface area contributed by atoms with E-state index < -0.39 is 0 Å². The average molecular weight is 344 g/mol. The monoisotopic (exact) mass is 343 g/mol. The van der Waals surface area contributed by atoms with Crippen LogP contribution in [-0.2, 0) is 0 Å². The van der Waals surface area contributed by atoms with E-state index in [2.05, 4.69) is 83.6 Å². The van der Waals surface area contributed by atoms with E-state index in [0.717, 1.165) is 5.92 Å². The quantitative estimate of drug-likeness (QED) is 0.749. The van der Waals surface area contributed by atoms with E-state index in [1.807, 2.05) is 0 Å². The van der Waals surface area contributed by atoms with Gasteiger partial charge in [-0.15, -0.1) is 0 Å². The van der Waals surface area contributed by atoms with Gasteiger partial charge in [-0.3, -0.25) is 0 Å². The summed E-state index contributed by atoms with van der Waals surface area (Å²) in [7, 11) is 0. The number of halogens is 1. The van der Waals surface area contributed by atoms with Crippen LogP contribution in [0.4, 0.5) is 0 Å². The molecule has 2 aromatic carbocycles. The van der Waals surface area contributed by atoms with Gasteiger partial charge >= 0.3 is 0 Å². The number of hydrogen-bond donors (Lipinski definition) is 1. The lowest BCUT2D eigenvalue weighted by Crippen LogP contribution is -2.26. The Balaban J connectivity index is 1.79. The Labute approximate surface area is 135 Å². The molecule has 1 saturated carbocycles. The third kappa shape index (κ3) is 3.56. The number of rotatable bonds is 5. The Morgan fingerprint density at radius 1 is 1.05 bits per heavy atom. The molecular formula is C19H22BrN. The Morgan fingerprint density at radius 3 is 2.33 bits per heavy atom. The van der Waals surface area contributed by atoms with E-state index in [9.17, 15) is 0 Å². The van der Waals surface area contributed by atoms with Crippen LogP contribution >= 0.6 is 15.9 Å². The van der Waals surface area contributed by atoms with Crippen LogP contribution in [0.25, 0.3) is 0 Å². The standard InChI is InChI=1S/C19H22BrN/c1-13-7-9-15(10-8-13)19(16-11-12-16)21-14(2)17-5-3-4-6-18(17)20/h3-10,14,16,19,21H,11-12H2,1-2H3/t14-,19?/m0/s1. The van der Waals surface area contributed by atoms with E-state index >= 15 is 0 Å². The summed E-state index contributed by atoms with van der Waals surface area (Å²) in [5, 5.41) is 3.84. The molecule has 0 heterocycles. The van der Waals surface area contributed by atoms with Crippen LogP contribution in [0.5, 0.6) is 0 Å². The molecule has 110 valence electrons. The molecule has 2 atom stereocenters. The van der Waals surface area contributed by atoms with Crippen molar-refractivity contribution in [3.63, 3.8) is 0 Å². The highest BCUT2D eigenvalue weighted by Gasteiger charge is 2.33. The first-order valence-electron chi connectivity index (χ1n) is 7.72. The van der Waals surface area contributed by atoms with Crippen molar-refractivity contribution in [2.75, 3.05) is 0 Å². The van der Waals surface area contributed by atoms with Crippen LogP contribution in [-0.4, -0.2) is 0 Å². The molecule has 0 saturated heterocycles.